The van der Waals surface area contributed by atoms with Crippen LogP contribution in [0.5, 0.6) is 0 Å². The van der Waals surface area contributed by atoms with Crippen molar-refractivity contribution in [2.75, 3.05) is 18.1 Å². The first-order valence-electron chi connectivity index (χ1n) is 5.78. The summed E-state index contributed by atoms with van der Waals surface area (Å²) in [6.07, 6.45) is 0. The van der Waals surface area contributed by atoms with Gasteiger partial charge in [0.1, 0.15) is 17.5 Å². The highest BCUT2D eigenvalue weighted by Crippen LogP contribution is 2.27. The van der Waals surface area contributed by atoms with Crippen molar-refractivity contribution in [3.63, 3.8) is 0 Å². The van der Waals surface area contributed by atoms with Crippen molar-refractivity contribution in [1.82, 2.24) is 15.0 Å². The number of nitrogen functional groups attached to an aromatic ring is 1. The summed E-state index contributed by atoms with van der Waals surface area (Å²) in [6.45, 7) is 0. The molecule has 0 aliphatic heterocycles. The minimum atomic E-state index is -0.457. The van der Waals surface area contributed by atoms with Crippen molar-refractivity contribution in [3.8, 4) is 11.4 Å². The van der Waals surface area contributed by atoms with E-state index < -0.39 is 5.82 Å². The smallest absolute Gasteiger partial charge is 0.180 e. The Morgan fingerprint density at radius 1 is 1.21 bits per heavy atom. The van der Waals surface area contributed by atoms with Crippen LogP contribution in [0.3, 0.4) is 0 Å². The monoisotopic (exact) mass is 257 g/mol. The summed E-state index contributed by atoms with van der Waals surface area (Å²) in [7, 11) is 1.78. The van der Waals surface area contributed by atoms with Crippen molar-refractivity contribution >= 4 is 22.7 Å². The second kappa shape index (κ2) is 4.24. The predicted molar refractivity (Wildman–Crippen MR) is 73.2 cm³/mol. The number of aromatic nitrogens is 3. The molecule has 0 radical (unpaired) electrons. The van der Waals surface area contributed by atoms with Gasteiger partial charge >= 0.3 is 0 Å². The second-order valence-corrected chi connectivity index (χ2v) is 4.10. The predicted octanol–water partition coefficient (Wildman–Crippen LogP) is 2.39. The summed E-state index contributed by atoms with van der Waals surface area (Å²) in [4.78, 5) is 11.7. The lowest BCUT2D eigenvalue weighted by atomic mass is 10.1. The van der Waals surface area contributed by atoms with Crippen LogP contribution in [0.15, 0.2) is 30.3 Å². The average Bonchev–Trinajstić information content (AvgIpc) is 2.84. The number of pyridine rings is 1. The molecule has 0 spiro atoms. The molecule has 19 heavy (non-hydrogen) atoms. The molecular weight excluding hydrogens is 245 g/mol. The van der Waals surface area contributed by atoms with E-state index in [9.17, 15) is 4.39 Å². The van der Waals surface area contributed by atoms with Gasteiger partial charge in [0.05, 0.1) is 11.2 Å². The van der Waals surface area contributed by atoms with Crippen molar-refractivity contribution in [1.29, 1.82) is 0 Å². The quantitative estimate of drug-likeness (QED) is 0.616. The highest BCUT2D eigenvalue weighted by molar-refractivity contribution is 5.81. The molecule has 3 rings (SSSR count). The van der Waals surface area contributed by atoms with E-state index in [4.69, 9.17) is 5.73 Å². The van der Waals surface area contributed by atoms with Crippen LogP contribution in [0.2, 0.25) is 0 Å². The molecule has 2 aromatic heterocycles. The molecule has 0 amide bonds. The summed E-state index contributed by atoms with van der Waals surface area (Å²) in [6, 6.07) is 8.33. The van der Waals surface area contributed by atoms with Gasteiger partial charge in [-0.2, -0.15) is 0 Å². The molecular formula is C13H12FN5. The van der Waals surface area contributed by atoms with Gasteiger partial charge in [0.2, 0.25) is 0 Å². The third-order valence-electron chi connectivity index (χ3n) is 2.91. The van der Waals surface area contributed by atoms with Crippen LogP contribution in [-0.4, -0.2) is 22.0 Å². The molecule has 6 heteroatoms. The maximum Gasteiger partial charge on any atom is 0.180 e. The van der Waals surface area contributed by atoms with E-state index in [0.717, 1.165) is 11.3 Å². The summed E-state index contributed by atoms with van der Waals surface area (Å²) >= 11 is 0. The van der Waals surface area contributed by atoms with Gasteiger partial charge in [-0.1, -0.05) is 6.07 Å². The number of fused-ring (bicyclic) bond motifs is 1. The fourth-order valence-electron chi connectivity index (χ4n) is 1.90. The number of nitrogens with one attached hydrogen (secondary N) is 2. The van der Waals surface area contributed by atoms with Gasteiger partial charge in [-0.3, -0.25) is 0 Å². The number of nitrogens with two attached hydrogens (primary N) is 1. The zero-order chi connectivity index (χ0) is 13.4. The molecule has 0 atom stereocenters. The molecule has 1 aromatic carbocycles. The number of nitrogens with zero attached hydrogens (tertiary/aromatic N) is 2. The lowest BCUT2D eigenvalue weighted by molar-refractivity contribution is 0.633. The maximum atomic E-state index is 13.4. The number of imidazole rings is 1. The highest BCUT2D eigenvalue weighted by Gasteiger charge is 2.11. The Bertz CT molecular complexity index is 750. The first-order chi connectivity index (χ1) is 9.19. The summed E-state index contributed by atoms with van der Waals surface area (Å²) in [5, 5.41) is 2.94. The van der Waals surface area contributed by atoms with Gasteiger partial charge in [0.25, 0.3) is 0 Å². The van der Waals surface area contributed by atoms with E-state index in [1.807, 2.05) is 12.1 Å². The lowest BCUT2D eigenvalue weighted by Gasteiger charge is -2.02. The zero-order valence-corrected chi connectivity index (χ0v) is 10.2. The Morgan fingerprint density at radius 3 is 2.84 bits per heavy atom. The third-order valence-corrected chi connectivity index (χ3v) is 2.91. The Kier molecular flexibility index (Phi) is 2.56. The first kappa shape index (κ1) is 11.5. The SMILES string of the molecule is CNc1ccc2[nH]c(-c3cccc(F)c3N)nc2n1. The number of anilines is 2. The Labute approximate surface area is 108 Å². The van der Waals surface area contributed by atoms with Crippen molar-refractivity contribution in [3.05, 3.63) is 36.1 Å². The minimum absolute atomic E-state index is 0.0791. The van der Waals surface area contributed by atoms with Crippen LogP contribution in [-0.2, 0) is 0 Å². The molecule has 0 bridgehead atoms. The van der Waals surface area contributed by atoms with Crippen LogP contribution in [0.4, 0.5) is 15.9 Å². The van der Waals surface area contributed by atoms with Gasteiger partial charge in [-0.05, 0) is 24.3 Å². The molecule has 0 saturated heterocycles. The summed E-state index contributed by atoms with van der Waals surface area (Å²) < 4.78 is 13.4. The average molecular weight is 257 g/mol. The fourth-order valence-corrected chi connectivity index (χ4v) is 1.90. The van der Waals surface area contributed by atoms with Crippen LogP contribution in [0.1, 0.15) is 0 Å². The Hall–Kier alpha value is -2.63. The zero-order valence-electron chi connectivity index (χ0n) is 10.2. The van der Waals surface area contributed by atoms with Crippen LogP contribution in [0.25, 0.3) is 22.6 Å². The molecule has 0 aliphatic rings. The molecule has 0 aliphatic carbocycles. The van der Waals surface area contributed by atoms with E-state index in [-0.39, 0.29) is 5.69 Å². The second-order valence-electron chi connectivity index (χ2n) is 4.10. The number of hydrogen-bond acceptors (Lipinski definition) is 4. The van der Waals surface area contributed by atoms with Crippen LogP contribution < -0.4 is 11.1 Å². The highest BCUT2D eigenvalue weighted by atomic mass is 19.1. The molecule has 5 nitrogen and oxygen atoms in total. The number of halogens is 1. The first-order valence-corrected chi connectivity index (χ1v) is 5.78. The summed E-state index contributed by atoms with van der Waals surface area (Å²) in [5.74, 6) is 0.771. The molecule has 96 valence electrons. The van der Waals surface area contributed by atoms with E-state index >= 15 is 0 Å². The van der Waals surface area contributed by atoms with Crippen LogP contribution >= 0.6 is 0 Å². The number of hydrogen-bond donors (Lipinski definition) is 3. The number of benzene rings is 1. The molecule has 0 unspecified atom stereocenters. The van der Waals surface area contributed by atoms with E-state index in [0.29, 0.717) is 17.0 Å². The third kappa shape index (κ3) is 1.87. The molecule has 0 saturated carbocycles. The van der Waals surface area contributed by atoms with E-state index in [1.165, 1.54) is 6.07 Å². The van der Waals surface area contributed by atoms with Gasteiger partial charge < -0.3 is 16.0 Å². The normalized spacial score (nSPS) is 10.8. The minimum Gasteiger partial charge on any atom is -0.396 e. The van der Waals surface area contributed by atoms with Crippen molar-refractivity contribution < 1.29 is 4.39 Å². The molecule has 3 aromatic rings. The van der Waals surface area contributed by atoms with Crippen molar-refractivity contribution in [2.24, 2.45) is 0 Å². The summed E-state index contributed by atoms with van der Waals surface area (Å²) in [5.41, 5.74) is 7.67. The number of H-pyrrole nitrogens is 1. The lowest BCUT2D eigenvalue weighted by Crippen LogP contribution is -1.95. The fraction of sp³-hybridized carbons (Fsp3) is 0.0769. The van der Waals surface area contributed by atoms with Gasteiger partial charge in [-0.25, -0.2) is 14.4 Å². The topological polar surface area (TPSA) is 79.6 Å². The van der Waals surface area contributed by atoms with Gasteiger partial charge in [0, 0.05) is 12.6 Å². The number of rotatable bonds is 2. The number of aromatic amines is 1. The van der Waals surface area contributed by atoms with Crippen molar-refractivity contribution in [2.45, 2.75) is 0 Å². The van der Waals surface area contributed by atoms with Gasteiger partial charge in [-0.15, -0.1) is 0 Å². The Balaban J connectivity index is 2.18. The molecule has 0 fully saturated rings. The molecule has 2 heterocycles. The molecule has 4 N–H and O–H groups in total. The largest absolute Gasteiger partial charge is 0.396 e. The van der Waals surface area contributed by atoms with E-state index in [2.05, 4.69) is 20.3 Å². The van der Waals surface area contributed by atoms with Crippen LogP contribution in [0, 0.1) is 5.82 Å². The standard InChI is InChI=1S/C13H12FN5/c1-16-10-6-5-9-13(18-10)19-12(17-9)7-3-2-4-8(14)11(7)15/h2-6H,15H2,1H3,(H2,16,17,18,19). The Morgan fingerprint density at radius 2 is 2.05 bits per heavy atom. The van der Waals surface area contributed by atoms with E-state index in [1.54, 1.807) is 19.2 Å². The number of para-hydroxylation sites is 1. The van der Waals surface area contributed by atoms with Gasteiger partial charge in [0.15, 0.2) is 5.65 Å². The maximum absolute atomic E-state index is 13.4.